The molecule has 27 heavy (non-hydrogen) atoms. The Morgan fingerprint density at radius 3 is 2.59 bits per heavy atom. The molecule has 2 aromatic carbocycles. The molecule has 0 aliphatic heterocycles. The van der Waals surface area contributed by atoms with Gasteiger partial charge in [-0.25, -0.2) is 0 Å². The van der Waals surface area contributed by atoms with Crippen molar-refractivity contribution in [2.75, 3.05) is 32.2 Å². The minimum absolute atomic E-state index is 0.201. The number of anilines is 1. The molecule has 5 heteroatoms. The average molecular weight is 371 g/mol. The minimum atomic E-state index is -0.201. The molecule has 0 heterocycles. The van der Waals surface area contributed by atoms with E-state index in [1.807, 2.05) is 36.4 Å². The highest BCUT2D eigenvalue weighted by molar-refractivity contribution is 6.06. The number of para-hydroxylation sites is 1. The molecule has 0 spiro atoms. The number of methoxy groups -OCH3 is 1. The molecule has 0 bridgehead atoms. The van der Waals surface area contributed by atoms with Gasteiger partial charge in [-0.2, -0.15) is 0 Å². The highest BCUT2D eigenvalue weighted by Crippen LogP contribution is 2.22. The molecule has 0 saturated heterocycles. The first-order valence-corrected chi connectivity index (χ1v) is 9.49. The third kappa shape index (κ3) is 7.31. The molecule has 0 aliphatic rings. The molecule has 146 valence electrons. The molecular formula is C22H29NO4. The molecule has 2 aromatic rings. The van der Waals surface area contributed by atoms with E-state index in [-0.39, 0.29) is 5.91 Å². The van der Waals surface area contributed by atoms with Gasteiger partial charge in [-0.15, -0.1) is 0 Å². The Bertz CT molecular complexity index is 702. The zero-order valence-electron chi connectivity index (χ0n) is 16.2. The second-order valence-corrected chi connectivity index (χ2v) is 6.23. The number of carbonyl (C=O) groups is 1. The molecular weight excluding hydrogens is 342 g/mol. The zero-order chi connectivity index (χ0) is 19.3. The van der Waals surface area contributed by atoms with E-state index in [9.17, 15) is 4.79 Å². The van der Waals surface area contributed by atoms with Crippen LogP contribution in [0.25, 0.3) is 0 Å². The molecule has 0 saturated carbocycles. The lowest BCUT2D eigenvalue weighted by molar-refractivity contribution is 0.102. The summed E-state index contributed by atoms with van der Waals surface area (Å²) in [5, 5.41) is 2.91. The van der Waals surface area contributed by atoms with Crippen LogP contribution in [0.1, 0.15) is 43.0 Å². The predicted molar refractivity (Wildman–Crippen MR) is 108 cm³/mol. The van der Waals surface area contributed by atoms with Gasteiger partial charge in [0.2, 0.25) is 0 Å². The van der Waals surface area contributed by atoms with Crippen molar-refractivity contribution < 1.29 is 19.0 Å². The predicted octanol–water partition coefficient (Wildman–Crippen LogP) is 4.92. The van der Waals surface area contributed by atoms with Gasteiger partial charge in [-0.05, 0) is 30.7 Å². The van der Waals surface area contributed by atoms with E-state index < -0.39 is 0 Å². The lowest BCUT2D eigenvalue weighted by atomic mass is 10.1. The third-order valence-corrected chi connectivity index (χ3v) is 4.04. The summed E-state index contributed by atoms with van der Waals surface area (Å²) in [4.78, 5) is 12.7. The second-order valence-electron chi connectivity index (χ2n) is 6.23. The van der Waals surface area contributed by atoms with Crippen molar-refractivity contribution in [3.8, 4) is 11.5 Å². The topological polar surface area (TPSA) is 56.8 Å². The molecule has 5 nitrogen and oxygen atoms in total. The van der Waals surface area contributed by atoms with Crippen molar-refractivity contribution in [3.63, 3.8) is 0 Å². The van der Waals surface area contributed by atoms with Gasteiger partial charge in [0, 0.05) is 18.9 Å². The molecule has 1 amide bonds. The summed E-state index contributed by atoms with van der Waals surface area (Å²) in [6.45, 7) is 3.77. The van der Waals surface area contributed by atoms with E-state index in [0.717, 1.165) is 12.8 Å². The number of carbonyl (C=O) groups excluding carboxylic acids is 1. The summed E-state index contributed by atoms with van der Waals surface area (Å²) in [6, 6.07) is 14.6. The SMILES string of the molecule is CCCCCCOc1ccccc1C(=O)Nc1cccc(OCCOC)c1. The molecule has 0 radical (unpaired) electrons. The molecule has 0 atom stereocenters. The van der Waals surface area contributed by atoms with Crippen LogP contribution in [0.4, 0.5) is 5.69 Å². The zero-order valence-corrected chi connectivity index (χ0v) is 16.2. The molecule has 0 aliphatic carbocycles. The van der Waals surface area contributed by atoms with Gasteiger partial charge in [-0.1, -0.05) is 44.4 Å². The van der Waals surface area contributed by atoms with Gasteiger partial charge in [0.1, 0.15) is 18.1 Å². The van der Waals surface area contributed by atoms with Gasteiger partial charge in [0.05, 0.1) is 18.8 Å². The number of amides is 1. The lowest BCUT2D eigenvalue weighted by Gasteiger charge is -2.12. The van der Waals surface area contributed by atoms with E-state index in [2.05, 4.69) is 12.2 Å². The smallest absolute Gasteiger partial charge is 0.259 e. The lowest BCUT2D eigenvalue weighted by Crippen LogP contribution is -2.14. The molecule has 0 aromatic heterocycles. The molecule has 0 fully saturated rings. The van der Waals surface area contributed by atoms with Crippen molar-refractivity contribution in [2.45, 2.75) is 32.6 Å². The standard InChI is InChI=1S/C22H29NO4/c1-3-4-5-8-14-27-21-13-7-6-12-20(21)22(24)23-18-10-9-11-19(17-18)26-16-15-25-2/h6-7,9-13,17H,3-5,8,14-16H2,1-2H3,(H,23,24). The summed E-state index contributed by atoms with van der Waals surface area (Å²) < 4.78 is 16.4. The average Bonchev–Trinajstić information content (AvgIpc) is 2.69. The number of hydrogen-bond donors (Lipinski definition) is 1. The monoisotopic (exact) mass is 371 g/mol. The number of hydrogen-bond acceptors (Lipinski definition) is 4. The number of benzene rings is 2. The van der Waals surface area contributed by atoms with Crippen LogP contribution in [0.15, 0.2) is 48.5 Å². The molecule has 2 rings (SSSR count). The van der Waals surface area contributed by atoms with Crippen LogP contribution in [0.3, 0.4) is 0 Å². The Kier molecular flexibility index (Phi) is 9.21. The van der Waals surface area contributed by atoms with E-state index in [1.54, 1.807) is 19.2 Å². The van der Waals surface area contributed by atoms with Gasteiger partial charge < -0.3 is 19.5 Å². The minimum Gasteiger partial charge on any atom is -0.493 e. The maximum Gasteiger partial charge on any atom is 0.259 e. The Hall–Kier alpha value is -2.53. The highest BCUT2D eigenvalue weighted by Gasteiger charge is 2.12. The van der Waals surface area contributed by atoms with Crippen molar-refractivity contribution >= 4 is 11.6 Å². The maximum atomic E-state index is 12.7. The van der Waals surface area contributed by atoms with Crippen LogP contribution in [0.5, 0.6) is 11.5 Å². The second kappa shape index (κ2) is 12.0. The first-order valence-electron chi connectivity index (χ1n) is 9.49. The van der Waals surface area contributed by atoms with Crippen LogP contribution in [0, 0.1) is 0 Å². The maximum absolute atomic E-state index is 12.7. The fourth-order valence-corrected chi connectivity index (χ4v) is 2.60. The van der Waals surface area contributed by atoms with Crippen molar-refractivity contribution in [3.05, 3.63) is 54.1 Å². The molecule has 1 N–H and O–H groups in total. The number of rotatable bonds is 12. The van der Waals surface area contributed by atoms with E-state index in [1.165, 1.54) is 12.8 Å². The van der Waals surface area contributed by atoms with Crippen molar-refractivity contribution in [1.29, 1.82) is 0 Å². The molecule has 0 unspecified atom stereocenters. The van der Waals surface area contributed by atoms with Crippen LogP contribution in [0.2, 0.25) is 0 Å². The van der Waals surface area contributed by atoms with Crippen molar-refractivity contribution in [2.24, 2.45) is 0 Å². The Morgan fingerprint density at radius 1 is 0.926 bits per heavy atom. The van der Waals surface area contributed by atoms with Crippen LogP contribution in [-0.2, 0) is 4.74 Å². The summed E-state index contributed by atoms with van der Waals surface area (Å²) >= 11 is 0. The van der Waals surface area contributed by atoms with E-state index in [0.29, 0.717) is 42.6 Å². The van der Waals surface area contributed by atoms with Crippen molar-refractivity contribution in [1.82, 2.24) is 0 Å². The largest absolute Gasteiger partial charge is 0.493 e. The third-order valence-electron chi connectivity index (χ3n) is 4.04. The Balaban J connectivity index is 1.96. The first-order chi connectivity index (χ1) is 13.2. The van der Waals surface area contributed by atoms with Gasteiger partial charge in [0.25, 0.3) is 5.91 Å². The summed E-state index contributed by atoms with van der Waals surface area (Å²) in [6.07, 6.45) is 4.52. The van der Waals surface area contributed by atoms with Crippen LogP contribution in [-0.4, -0.2) is 32.8 Å². The van der Waals surface area contributed by atoms with Gasteiger partial charge >= 0.3 is 0 Å². The van der Waals surface area contributed by atoms with E-state index in [4.69, 9.17) is 14.2 Å². The first kappa shape index (κ1) is 20.8. The quantitative estimate of drug-likeness (QED) is 0.538. The normalized spacial score (nSPS) is 10.4. The van der Waals surface area contributed by atoms with Crippen LogP contribution >= 0.6 is 0 Å². The fourth-order valence-electron chi connectivity index (χ4n) is 2.60. The van der Waals surface area contributed by atoms with Crippen LogP contribution < -0.4 is 14.8 Å². The van der Waals surface area contributed by atoms with Gasteiger partial charge in [-0.3, -0.25) is 4.79 Å². The summed E-state index contributed by atoms with van der Waals surface area (Å²) in [5.41, 5.74) is 1.20. The number of unbranched alkanes of at least 4 members (excludes halogenated alkanes) is 3. The summed E-state index contributed by atoms with van der Waals surface area (Å²) in [5.74, 6) is 1.09. The summed E-state index contributed by atoms with van der Waals surface area (Å²) in [7, 11) is 1.63. The number of nitrogens with one attached hydrogen (secondary N) is 1. The Labute approximate surface area is 161 Å². The number of ether oxygens (including phenoxy) is 3. The Morgan fingerprint density at radius 2 is 1.78 bits per heavy atom. The van der Waals surface area contributed by atoms with Gasteiger partial charge in [0.15, 0.2) is 0 Å². The van der Waals surface area contributed by atoms with E-state index >= 15 is 0 Å². The highest BCUT2D eigenvalue weighted by atomic mass is 16.5. The fraction of sp³-hybridized carbons (Fsp3) is 0.409.